The van der Waals surface area contributed by atoms with Crippen LogP contribution in [0.15, 0.2) is 14.1 Å². The summed E-state index contributed by atoms with van der Waals surface area (Å²) < 4.78 is 2.49. The summed E-state index contributed by atoms with van der Waals surface area (Å²) in [5.74, 6) is 5.56. The molecule has 0 amide bonds. The Morgan fingerprint density at radius 3 is 2.47 bits per heavy atom. The van der Waals surface area contributed by atoms with Crippen molar-refractivity contribution in [3.8, 4) is 0 Å². The molecule has 0 aliphatic heterocycles. The van der Waals surface area contributed by atoms with Crippen LogP contribution in [0.5, 0.6) is 0 Å². The molecule has 6 heteroatoms. The normalized spacial score (nSPS) is 12.8. The highest BCUT2D eigenvalue weighted by Gasteiger charge is 2.15. The summed E-state index contributed by atoms with van der Waals surface area (Å²) in [7, 11) is 0. The van der Waals surface area contributed by atoms with Gasteiger partial charge >= 0.3 is 5.69 Å². The molecular formula is C9H14BrN3O2. The molecule has 1 atom stereocenters. The van der Waals surface area contributed by atoms with Gasteiger partial charge in [0.25, 0.3) is 5.56 Å². The van der Waals surface area contributed by atoms with Crippen LogP contribution in [0.25, 0.3) is 0 Å². The Morgan fingerprint density at radius 2 is 2.00 bits per heavy atom. The second-order valence-electron chi connectivity index (χ2n) is 3.48. The lowest BCUT2D eigenvalue weighted by Crippen LogP contribution is -2.45. The van der Waals surface area contributed by atoms with Gasteiger partial charge < -0.3 is 5.84 Å². The van der Waals surface area contributed by atoms with Gasteiger partial charge in [0, 0.05) is 6.04 Å². The Kier molecular flexibility index (Phi) is 3.38. The molecule has 5 nitrogen and oxygen atoms in total. The fourth-order valence-electron chi connectivity index (χ4n) is 1.28. The van der Waals surface area contributed by atoms with Gasteiger partial charge in [-0.2, -0.15) is 0 Å². The molecule has 0 bridgehead atoms. The molecule has 0 spiro atoms. The molecule has 1 aromatic rings. The van der Waals surface area contributed by atoms with Crippen molar-refractivity contribution in [3.05, 3.63) is 31.0 Å². The minimum atomic E-state index is -0.477. The fraction of sp³-hybridized carbons (Fsp3) is 0.556. The van der Waals surface area contributed by atoms with Gasteiger partial charge in [0.15, 0.2) is 0 Å². The molecule has 0 radical (unpaired) electrons. The van der Waals surface area contributed by atoms with E-state index >= 15 is 0 Å². The lowest BCUT2D eigenvalue weighted by atomic mass is 10.2. The van der Waals surface area contributed by atoms with Gasteiger partial charge in [-0.15, -0.1) is 0 Å². The number of halogens is 1. The maximum Gasteiger partial charge on any atom is 0.349 e. The monoisotopic (exact) mass is 275 g/mol. The Morgan fingerprint density at radius 1 is 1.47 bits per heavy atom. The minimum absolute atomic E-state index is 0.156. The third-order valence-electron chi connectivity index (χ3n) is 2.53. The summed E-state index contributed by atoms with van der Waals surface area (Å²) in [6.45, 7) is 5.34. The van der Waals surface area contributed by atoms with Crippen LogP contribution < -0.4 is 17.1 Å². The first kappa shape index (κ1) is 12.0. The van der Waals surface area contributed by atoms with Crippen molar-refractivity contribution in [1.82, 2.24) is 9.24 Å². The van der Waals surface area contributed by atoms with Crippen LogP contribution >= 0.6 is 15.9 Å². The first-order valence-electron chi connectivity index (χ1n) is 4.70. The number of rotatable bonds is 2. The smallest absolute Gasteiger partial charge is 0.335 e. The third kappa shape index (κ3) is 1.86. The fourth-order valence-corrected chi connectivity index (χ4v) is 1.67. The minimum Gasteiger partial charge on any atom is -0.335 e. The molecule has 1 aromatic heterocycles. The molecule has 2 N–H and O–H groups in total. The van der Waals surface area contributed by atoms with E-state index in [1.807, 2.05) is 13.8 Å². The summed E-state index contributed by atoms with van der Waals surface area (Å²) in [5.41, 5.74) is -0.367. The van der Waals surface area contributed by atoms with Crippen LogP contribution in [-0.2, 0) is 0 Å². The SMILES string of the molecule is CCC(C)n1c(=O)c(Br)c(C)n(N)c1=O. The highest BCUT2D eigenvalue weighted by Crippen LogP contribution is 2.09. The molecule has 0 saturated heterocycles. The summed E-state index contributed by atoms with van der Waals surface area (Å²) in [6, 6.07) is -0.156. The van der Waals surface area contributed by atoms with E-state index in [2.05, 4.69) is 15.9 Å². The molecule has 1 unspecified atom stereocenters. The van der Waals surface area contributed by atoms with Gasteiger partial charge in [-0.1, -0.05) is 6.92 Å². The van der Waals surface area contributed by atoms with Gasteiger partial charge in [-0.05, 0) is 36.2 Å². The Balaban J connectivity index is 3.68. The van der Waals surface area contributed by atoms with Gasteiger partial charge in [0.05, 0.1) is 5.69 Å². The number of hydrogen-bond donors (Lipinski definition) is 1. The van der Waals surface area contributed by atoms with Gasteiger partial charge in [-0.3, -0.25) is 9.36 Å². The zero-order valence-electron chi connectivity index (χ0n) is 8.95. The van der Waals surface area contributed by atoms with E-state index < -0.39 is 5.69 Å². The number of nitrogen functional groups attached to an aromatic ring is 1. The van der Waals surface area contributed by atoms with E-state index in [9.17, 15) is 9.59 Å². The standard InChI is InChI=1S/C9H14BrN3O2/c1-4-5(2)12-8(14)7(10)6(3)13(11)9(12)15/h5H,4,11H2,1-3H3. The largest absolute Gasteiger partial charge is 0.349 e. The maximum absolute atomic E-state index is 11.8. The molecule has 0 aromatic carbocycles. The molecule has 0 saturated carbocycles. The number of nitrogens with two attached hydrogens (primary N) is 1. The Bertz CT molecular complexity index is 452. The van der Waals surface area contributed by atoms with Crippen LogP contribution in [0.3, 0.4) is 0 Å². The lowest BCUT2D eigenvalue weighted by molar-refractivity contribution is 0.473. The van der Waals surface area contributed by atoms with Crippen molar-refractivity contribution >= 4 is 15.9 Å². The van der Waals surface area contributed by atoms with Gasteiger partial charge in [-0.25, -0.2) is 9.47 Å². The predicted molar refractivity (Wildman–Crippen MR) is 62.6 cm³/mol. The average molecular weight is 276 g/mol. The molecule has 1 rings (SSSR count). The molecule has 0 fully saturated rings. The number of nitrogens with zero attached hydrogens (tertiary/aromatic N) is 2. The lowest BCUT2D eigenvalue weighted by Gasteiger charge is -2.15. The summed E-state index contributed by atoms with van der Waals surface area (Å²) in [4.78, 5) is 23.6. The second-order valence-corrected chi connectivity index (χ2v) is 4.28. The molecule has 1 heterocycles. The van der Waals surface area contributed by atoms with Crippen LogP contribution in [0.2, 0.25) is 0 Å². The van der Waals surface area contributed by atoms with Crippen LogP contribution in [0.1, 0.15) is 32.0 Å². The van der Waals surface area contributed by atoms with Crippen molar-refractivity contribution in [3.63, 3.8) is 0 Å². The van der Waals surface area contributed by atoms with Crippen molar-refractivity contribution in [2.45, 2.75) is 33.2 Å². The maximum atomic E-state index is 11.8. The Hall–Kier alpha value is -1.04. The van der Waals surface area contributed by atoms with Crippen LogP contribution in [-0.4, -0.2) is 9.24 Å². The van der Waals surface area contributed by atoms with Gasteiger partial charge in [0.2, 0.25) is 0 Å². The highest BCUT2D eigenvalue weighted by molar-refractivity contribution is 9.10. The van der Waals surface area contributed by atoms with E-state index in [1.165, 1.54) is 0 Å². The average Bonchev–Trinajstić information content (AvgIpc) is 2.23. The molecule has 15 heavy (non-hydrogen) atoms. The van der Waals surface area contributed by atoms with Crippen molar-refractivity contribution in [1.29, 1.82) is 0 Å². The first-order chi connectivity index (χ1) is 6.91. The van der Waals surface area contributed by atoms with Gasteiger partial charge in [0.1, 0.15) is 4.47 Å². The van der Waals surface area contributed by atoms with Crippen LogP contribution in [0, 0.1) is 6.92 Å². The zero-order chi connectivity index (χ0) is 11.7. The van der Waals surface area contributed by atoms with Crippen molar-refractivity contribution in [2.24, 2.45) is 0 Å². The van der Waals surface area contributed by atoms with E-state index in [4.69, 9.17) is 5.84 Å². The van der Waals surface area contributed by atoms with E-state index in [0.29, 0.717) is 16.6 Å². The molecule has 84 valence electrons. The second kappa shape index (κ2) is 4.22. The van der Waals surface area contributed by atoms with E-state index in [0.717, 1.165) is 9.24 Å². The highest BCUT2D eigenvalue weighted by atomic mass is 79.9. The third-order valence-corrected chi connectivity index (χ3v) is 3.44. The Labute approximate surface area is 95.6 Å². The first-order valence-corrected chi connectivity index (χ1v) is 5.49. The van der Waals surface area contributed by atoms with E-state index in [1.54, 1.807) is 6.92 Å². The molecule has 0 aliphatic carbocycles. The van der Waals surface area contributed by atoms with Crippen molar-refractivity contribution < 1.29 is 0 Å². The van der Waals surface area contributed by atoms with E-state index in [-0.39, 0.29) is 11.6 Å². The quantitative estimate of drug-likeness (QED) is 0.811. The zero-order valence-corrected chi connectivity index (χ0v) is 10.5. The van der Waals surface area contributed by atoms with Crippen molar-refractivity contribution in [2.75, 3.05) is 5.84 Å². The predicted octanol–water partition coefficient (Wildman–Crippen LogP) is 0.766. The summed E-state index contributed by atoms with van der Waals surface area (Å²) >= 11 is 3.14. The molecular weight excluding hydrogens is 262 g/mol. The number of aromatic nitrogens is 2. The topological polar surface area (TPSA) is 70.0 Å². The summed E-state index contributed by atoms with van der Waals surface area (Å²) in [6.07, 6.45) is 0.699. The summed E-state index contributed by atoms with van der Waals surface area (Å²) in [5, 5.41) is 0. The van der Waals surface area contributed by atoms with Crippen LogP contribution in [0.4, 0.5) is 0 Å². The molecule has 0 aliphatic rings. The number of hydrogen-bond acceptors (Lipinski definition) is 3.